The molecule has 4 aliphatic heterocycles. The number of para-hydroxylation sites is 1. The minimum Gasteiger partial charge on any atom is -0.464 e. The molecule has 15 nitrogen and oxygen atoms in total. The van der Waals surface area contributed by atoms with Gasteiger partial charge in [-0.25, -0.2) is 9.59 Å². The van der Waals surface area contributed by atoms with Crippen LogP contribution in [0.3, 0.4) is 0 Å². The molecule has 7 amide bonds. The number of fused-ring (bicyclic) bond motifs is 3. The van der Waals surface area contributed by atoms with E-state index in [-0.39, 0.29) is 49.1 Å². The van der Waals surface area contributed by atoms with E-state index in [1.165, 1.54) is 10.5 Å². The third-order valence-electron chi connectivity index (χ3n) is 9.79. The molecule has 0 spiro atoms. The summed E-state index contributed by atoms with van der Waals surface area (Å²) in [5.41, 5.74) is 6.65. The summed E-state index contributed by atoms with van der Waals surface area (Å²) in [6.45, 7) is 6.70. The Morgan fingerprint density at radius 2 is 1.53 bits per heavy atom. The van der Waals surface area contributed by atoms with Gasteiger partial charge in [0, 0.05) is 19.6 Å². The summed E-state index contributed by atoms with van der Waals surface area (Å²) in [5.74, 6) is -2.16. The first-order valence-corrected chi connectivity index (χ1v) is 19.1. The molecule has 16 heteroatoms. The lowest BCUT2D eigenvalue weighted by Crippen LogP contribution is -2.59. The Hall–Kier alpha value is -5.18. The monoisotopic (exact) mass is 781 g/mol. The van der Waals surface area contributed by atoms with Gasteiger partial charge in [-0.15, -0.1) is 0 Å². The molecule has 0 saturated carbocycles. The number of carbonyl (C=O) groups excluding carboxylic acids is 7. The predicted molar refractivity (Wildman–Crippen MR) is 205 cm³/mol. The number of hydrogen-bond donors (Lipinski definition) is 4. The molecule has 0 radical (unpaired) electrons. The average Bonchev–Trinajstić information content (AvgIpc) is 3.82. The van der Waals surface area contributed by atoms with Crippen LogP contribution in [0.4, 0.5) is 10.5 Å². The number of primary amides is 1. The zero-order valence-corrected chi connectivity index (χ0v) is 32.4. The fraction of sp³-hybridized carbons (Fsp3) is 0.513. The van der Waals surface area contributed by atoms with Gasteiger partial charge >= 0.3 is 12.0 Å². The smallest absolute Gasteiger partial charge is 0.328 e. The second-order valence-corrected chi connectivity index (χ2v) is 14.6. The van der Waals surface area contributed by atoms with Crippen LogP contribution in [-0.2, 0) is 33.5 Å². The van der Waals surface area contributed by atoms with E-state index in [0.717, 1.165) is 12.8 Å². The van der Waals surface area contributed by atoms with Crippen molar-refractivity contribution in [1.29, 1.82) is 0 Å². The predicted octanol–water partition coefficient (Wildman–Crippen LogP) is 2.99. The molecule has 0 aliphatic carbocycles. The average molecular weight is 782 g/mol. The summed E-state index contributed by atoms with van der Waals surface area (Å²) in [5, 5.41) is 7.96. The van der Waals surface area contributed by atoms with E-state index in [4.69, 9.17) is 22.1 Å². The van der Waals surface area contributed by atoms with Crippen molar-refractivity contribution in [3.63, 3.8) is 0 Å². The maximum atomic E-state index is 13.4. The van der Waals surface area contributed by atoms with E-state index in [9.17, 15) is 33.6 Å². The van der Waals surface area contributed by atoms with Crippen molar-refractivity contribution < 1.29 is 38.3 Å². The largest absolute Gasteiger partial charge is 0.464 e. The highest BCUT2D eigenvalue weighted by Gasteiger charge is 2.44. The number of ether oxygens (including phenoxy) is 1. The molecule has 5 unspecified atom stereocenters. The van der Waals surface area contributed by atoms with E-state index in [1.54, 1.807) is 41.0 Å². The highest BCUT2D eigenvalue weighted by molar-refractivity contribution is 6.33. The Kier molecular flexibility index (Phi) is 15.9. The molecule has 6 rings (SSSR count). The standard InChI is InChI=1S/C23H34N4O6.C9H10ClN3O2.C7H8/c1-14-12-18-23(32)33-11-8-19(28)25-10-5-7-17(25)22(31)26-9-4-3-6-16(26)20(29)24-15(2)21(30)27(18)13-14;10-6-3-1-2-4-7(6)13-9(15)12-5-8(11)14;1-7-5-3-2-4-6-7/h14-18H,3-13H2,1-2H3,(H,24,29);1-4H,5H2,(H2,11,14)(H2,12,13,15);2-6H,1H3. The first kappa shape index (κ1) is 42.6. The Balaban J connectivity index is 0.000000250. The Morgan fingerprint density at radius 3 is 2.20 bits per heavy atom. The number of benzene rings is 2. The number of nitrogens with zero attached hydrogens (tertiary/aromatic N) is 3. The lowest BCUT2D eigenvalue weighted by molar-refractivity contribution is -0.156. The summed E-state index contributed by atoms with van der Waals surface area (Å²) in [4.78, 5) is 91.5. The quantitative estimate of drug-likeness (QED) is 0.341. The van der Waals surface area contributed by atoms with Crippen molar-refractivity contribution in [3.05, 3.63) is 65.2 Å². The van der Waals surface area contributed by atoms with Gasteiger partial charge in [0.1, 0.15) is 30.8 Å². The van der Waals surface area contributed by atoms with Gasteiger partial charge in [-0.3, -0.25) is 24.0 Å². The van der Waals surface area contributed by atoms with Crippen LogP contribution in [0.25, 0.3) is 0 Å². The van der Waals surface area contributed by atoms with Crippen molar-refractivity contribution in [2.45, 2.75) is 89.9 Å². The Morgan fingerprint density at radius 1 is 0.855 bits per heavy atom. The van der Waals surface area contributed by atoms with Crippen LogP contribution in [0, 0.1) is 12.8 Å². The van der Waals surface area contributed by atoms with Crippen LogP contribution < -0.4 is 21.7 Å². The van der Waals surface area contributed by atoms with E-state index in [1.807, 2.05) is 25.1 Å². The Bertz CT molecular complexity index is 1690. The summed E-state index contributed by atoms with van der Waals surface area (Å²) in [6, 6.07) is 13.7. The molecule has 0 aromatic heterocycles. The van der Waals surface area contributed by atoms with Gasteiger partial charge in [0.15, 0.2) is 0 Å². The Labute approximate surface area is 326 Å². The fourth-order valence-electron chi connectivity index (χ4n) is 7.02. The first-order valence-electron chi connectivity index (χ1n) is 18.7. The molecule has 298 valence electrons. The third kappa shape index (κ3) is 12.2. The number of amides is 7. The molecule has 4 fully saturated rings. The number of halogens is 1. The molecular formula is C39H52ClN7O8. The maximum Gasteiger partial charge on any atom is 0.328 e. The number of esters is 1. The van der Waals surface area contributed by atoms with E-state index in [0.29, 0.717) is 56.0 Å². The number of aryl methyl sites for hydroxylation is 1. The second-order valence-electron chi connectivity index (χ2n) is 14.2. The number of carbonyl (C=O) groups is 7. The van der Waals surface area contributed by atoms with Gasteiger partial charge in [-0.05, 0) is 70.4 Å². The van der Waals surface area contributed by atoms with E-state index >= 15 is 0 Å². The molecule has 0 bridgehead atoms. The number of rotatable bonds is 3. The van der Waals surface area contributed by atoms with Gasteiger partial charge in [0.25, 0.3) is 0 Å². The second kappa shape index (κ2) is 20.5. The zero-order valence-electron chi connectivity index (χ0n) is 31.6. The summed E-state index contributed by atoms with van der Waals surface area (Å²) >= 11 is 5.80. The van der Waals surface area contributed by atoms with Crippen LogP contribution in [0.2, 0.25) is 5.02 Å². The van der Waals surface area contributed by atoms with Crippen molar-refractivity contribution >= 4 is 58.8 Å². The minimum atomic E-state index is -0.825. The van der Waals surface area contributed by atoms with Crippen LogP contribution in [0.15, 0.2) is 54.6 Å². The summed E-state index contributed by atoms with van der Waals surface area (Å²) < 4.78 is 5.38. The van der Waals surface area contributed by atoms with Gasteiger partial charge < -0.3 is 41.1 Å². The van der Waals surface area contributed by atoms with Crippen LogP contribution >= 0.6 is 11.6 Å². The first-order chi connectivity index (χ1) is 26.3. The van der Waals surface area contributed by atoms with E-state index < -0.39 is 42.1 Å². The number of cyclic esters (lactones) is 1. The summed E-state index contributed by atoms with van der Waals surface area (Å²) in [7, 11) is 0. The normalized spacial score (nSPS) is 24.4. The van der Waals surface area contributed by atoms with Gasteiger partial charge in [-0.2, -0.15) is 0 Å². The number of urea groups is 1. The highest BCUT2D eigenvalue weighted by atomic mass is 35.5. The number of nitrogens with one attached hydrogen (secondary N) is 3. The van der Waals surface area contributed by atoms with Gasteiger partial charge in [0.05, 0.1) is 23.7 Å². The minimum absolute atomic E-state index is 0.00788. The van der Waals surface area contributed by atoms with Gasteiger partial charge in [-0.1, -0.05) is 66.6 Å². The molecule has 4 saturated heterocycles. The highest BCUT2D eigenvalue weighted by Crippen LogP contribution is 2.27. The lowest BCUT2D eigenvalue weighted by atomic mass is 9.99. The lowest BCUT2D eigenvalue weighted by Gasteiger charge is -2.38. The van der Waals surface area contributed by atoms with Crippen LogP contribution in [0.1, 0.15) is 64.4 Å². The molecule has 5 N–H and O–H groups in total. The maximum absolute atomic E-state index is 13.4. The van der Waals surface area contributed by atoms with Crippen LogP contribution in [0.5, 0.6) is 0 Å². The molecule has 4 heterocycles. The number of hydrogen-bond acceptors (Lipinski definition) is 8. The number of piperidine rings is 1. The molecule has 4 aliphatic rings. The molecule has 5 atom stereocenters. The SMILES string of the molecule is CC1CC2C(=O)OCCC(=O)N3CCCC3C(=O)N3CCCCC3C(=O)NC(C)C(=O)N2C1.Cc1ccccc1.NC(=O)CNC(=O)Nc1ccccc1Cl. The van der Waals surface area contributed by atoms with Crippen molar-refractivity contribution in [1.82, 2.24) is 25.3 Å². The van der Waals surface area contributed by atoms with E-state index in [2.05, 4.69) is 35.0 Å². The molecule has 55 heavy (non-hydrogen) atoms. The number of nitrogens with two attached hydrogens (primary N) is 1. The zero-order chi connectivity index (χ0) is 40.1. The number of anilines is 1. The fourth-order valence-corrected chi connectivity index (χ4v) is 7.21. The topological polar surface area (TPSA) is 201 Å². The third-order valence-corrected chi connectivity index (χ3v) is 10.1. The van der Waals surface area contributed by atoms with Crippen LogP contribution in [-0.4, -0.2) is 113 Å². The van der Waals surface area contributed by atoms with Crippen molar-refractivity contribution in [3.8, 4) is 0 Å². The molecule has 2 aromatic carbocycles. The van der Waals surface area contributed by atoms with Crippen molar-refractivity contribution in [2.24, 2.45) is 11.7 Å². The van der Waals surface area contributed by atoms with Crippen molar-refractivity contribution in [2.75, 3.05) is 38.1 Å². The molecule has 2 aromatic rings. The molecular weight excluding hydrogens is 730 g/mol. The van der Waals surface area contributed by atoms with Gasteiger partial charge in [0.2, 0.25) is 29.5 Å². The summed E-state index contributed by atoms with van der Waals surface area (Å²) in [6.07, 6.45) is 3.88.